The Labute approximate surface area is 175 Å². The summed E-state index contributed by atoms with van der Waals surface area (Å²) in [6.45, 7) is 13.6. The lowest BCUT2D eigenvalue weighted by Crippen LogP contribution is -2.34. The molecule has 0 fully saturated rings. The van der Waals surface area contributed by atoms with Crippen molar-refractivity contribution in [1.82, 2.24) is 4.90 Å². The highest BCUT2D eigenvalue weighted by Gasteiger charge is 2.21. The van der Waals surface area contributed by atoms with Crippen LogP contribution in [0.1, 0.15) is 47.1 Å². The number of nitrogens with zero attached hydrogens (tertiary/aromatic N) is 1. The van der Waals surface area contributed by atoms with Gasteiger partial charge in [0.2, 0.25) is 0 Å². The lowest BCUT2D eigenvalue weighted by atomic mass is 9.84. The summed E-state index contributed by atoms with van der Waals surface area (Å²) in [6, 6.07) is 16.7. The molecule has 2 rings (SSSR count). The minimum Gasteiger partial charge on any atom is -0.492 e. The molecule has 0 saturated heterocycles. The van der Waals surface area contributed by atoms with Crippen molar-refractivity contribution in [2.24, 2.45) is 0 Å². The first-order chi connectivity index (χ1) is 13.5. The van der Waals surface area contributed by atoms with E-state index in [0.717, 1.165) is 5.75 Å². The first-order valence-corrected chi connectivity index (χ1v) is 10.2. The van der Waals surface area contributed by atoms with E-state index in [0.29, 0.717) is 13.2 Å². The molecule has 0 saturated carbocycles. The van der Waals surface area contributed by atoms with Crippen molar-refractivity contribution < 1.29 is 14.3 Å². The van der Waals surface area contributed by atoms with Crippen LogP contribution < -0.4 is 4.74 Å². The van der Waals surface area contributed by atoms with Gasteiger partial charge in [-0.2, -0.15) is 0 Å². The zero-order chi connectivity index (χ0) is 21.7. The van der Waals surface area contributed by atoms with Crippen molar-refractivity contribution in [3.63, 3.8) is 0 Å². The van der Waals surface area contributed by atoms with E-state index in [2.05, 4.69) is 63.2 Å². The van der Waals surface area contributed by atoms with Gasteiger partial charge in [-0.3, -0.25) is 9.69 Å². The van der Waals surface area contributed by atoms with E-state index in [1.165, 1.54) is 16.7 Å². The molecule has 0 radical (unpaired) electrons. The van der Waals surface area contributed by atoms with Crippen LogP contribution in [0.5, 0.6) is 5.75 Å². The van der Waals surface area contributed by atoms with Crippen LogP contribution in [0.4, 0.5) is 0 Å². The van der Waals surface area contributed by atoms with Gasteiger partial charge in [-0.25, -0.2) is 0 Å². The fourth-order valence-electron chi connectivity index (χ4n) is 3.04. The van der Waals surface area contributed by atoms with Gasteiger partial charge in [-0.1, -0.05) is 57.2 Å². The van der Waals surface area contributed by atoms with Crippen LogP contribution in [-0.2, 0) is 14.9 Å². The molecule has 29 heavy (non-hydrogen) atoms. The van der Waals surface area contributed by atoms with Crippen LogP contribution in [0.3, 0.4) is 0 Å². The van der Waals surface area contributed by atoms with Crippen molar-refractivity contribution in [2.45, 2.75) is 52.6 Å². The van der Waals surface area contributed by atoms with Gasteiger partial charge >= 0.3 is 5.97 Å². The Morgan fingerprint density at radius 1 is 0.931 bits per heavy atom. The van der Waals surface area contributed by atoms with Crippen molar-refractivity contribution >= 4 is 5.97 Å². The Bertz CT molecular complexity index is 801. The van der Waals surface area contributed by atoms with E-state index < -0.39 is 5.60 Å². The zero-order valence-electron chi connectivity index (χ0n) is 18.9. The molecule has 0 aliphatic carbocycles. The molecule has 0 heterocycles. The van der Waals surface area contributed by atoms with Crippen LogP contribution in [0.25, 0.3) is 11.1 Å². The Balaban J connectivity index is 2.02. The van der Waals surface area contributed by atoms with Crippen molar-refractivity contribution in [2.75, 3.05) is 26.7 Å². The summed E-state index contributed by atoms with van der Waals surface area (Å²) in [5.74, 6) is 0.672. The normalized spacial score (nSPS) is 12.1. The number of carbonyl (C=O) groups excluding carboxylic acids is 1. The minimum absolute atomic E-state index is 0.0391. The van der Waals surface area contributed by atoms with E-state index in [1.54, 1.807) is 0 Å². The second-order valence-electron chi connectivity index (χ2n) is 9.50. The van der Waals surface area contributed by atoms with Crippen LogP contribution in [0.2, 0.25) is 0 Å². The van der Waals surface area contributed by atoms with Crippen molar-refractivity contribution in [3.8, 4) is 16.9 Å². The second-order valence-corrected chi connectivity index (χ2v) is 9.50. The lowest BCUT2D eigenvalue weighted by molar-refractivity contribution is -0.155. The van der Waals surface area contributed by atoms with Gasteiger partial charge in [-0.15, -0.1) is 0 Å². The van der Waals surface area contributed by atoms with Gasteiger partial charge in [0.1, 0.15) is 18.0 Å². The number of esters is 1. The largest absolute Gasteiger partial charge is 0.492 e. The highest BCUT2D eigenvalue weighted by atomic mass is 16.6. The Morgan fingerprint density at radius 3 is 2.17 bits per heavy atom. The molecule has 0 aromatic heterocycles. The highest BCUT2D eigenvalue weighted by Crippen LogP contribution is 2.35. The maximum Gasteiger partial charge on any atom is 0.320 e. The van der Waals surface area contributed by atoms with E-state index in [4.69, 9.17) is 9.47 Å². The van der Waals surface area contributed by atoms with Gasteiger partial charge in [0.05, 0.1) is 6.54 Å². The monoisotopic (exact) mass is 397 g/mol. The molecule has 0 aliphatic rings. The summed E-state index contributed by atoms with van der Waals surface area (Å²) in [7, 11) is 1.90. The smallest absolute Gasteiger partial charge is 0.320 e. The van der Waals surface area contributed by atoms with Crippen LogP contribution >= 0.6 is 0 Å². The van der Waals surface area contributed by atoms with Crippen LogP contribution in [-0.4, -0.2) is 43.2 Å². The molecule has 4 heteroatoms. The fraction of sp³-hybridized carbons (Fsp3) is 0.480. The Morgan fingerprint density at radius 2 is 1.59 bits per heavy atom. The maximum atomic E-state index is 12.0. The van der Waals surface area contributed by atoms with E-state index in [9.17, 15) is 4.79 Å². The number of benzene rings is 2. The summed E-state index contributed by atoms with van der Waals surface area (Å²) < 4.78 is 11.5. The number of hydrogen-bond acceptors (Lipinski definition) is 4. The lowest BCUT2D eigenvalue weighted by Gasteiger charge is -2.25. The molecule has 0 spiro atoms. The summed E-state index contributed by atoms with van der Waals surface area (Å²) in [5.41, 5.74) is 3.05. The predicted octanol–water partition coefficient (Wildman–Crippen LogP) is 5.30. The molecular weight excluding hydrogens is 362 g/mol. The second kappa shape index (κ2) is 9.45. The quantitative estimate of drug-likeness (QED) is 0.594. The van der Waals surface area contributed by atoms with Gasteiger partial charge in [0.25, 0.3) is 0 Å². The summed E-state index contributed by atoms with van der Waals surface area (Å²) in [5, 5.41) is 0. The molecule has 158 valence electrons. The fourth-order valence-corrected chi connectivity index (χ4v) is 3.04. The first-order valence-electron chi connectivity index (χ1n) is 10.2. The molecule has 4 nitrogen and oxygen atoms in total. The number of carbonyl (C=O) groups is 1. The van der Waals surface area contributed by atoms with Gasteiger partial charge < -0.3 is 9.47 Å². The van der Waals surface area contributed by atoms with Gasteiger partial charge in [-0.05, 0) is 56.5 Å². The molecule has 0 N–H and O–H groups in total. The topological polar surface area (TPSA) is 38.8 Å². The number of ether oxygens (including phenoxy) is 2. The minimum atomic E-state index is -0.462. The van der Waals surface area contributed by atoms with Crippen LogP contribution in [0, 0.1) is 0 Å². The molecule has 2 aromatic carbocycles. The van der Waals surface area contributed by atoms with E-state index in [-0.39, 0.29) is 17.9 Å². The van der Waals surface area contributed by atoms with Gasteiger partial charge in [0.15, 0.2) is 0 Å². The van der Waals surface area contributed by atoms with Crippen molar-refractivity contribution in [1.29, 1.82) is 0 Å². The summed E-state index contributed by atoms with van der Waals surface area (Å²) in [4.78, 5) is 13.9. The average molecular weight is 398 g/mol. The number of hydrogen-bond donors (Lipinski definition) is 0. The molecule has 0 aliphatic heterocycles. The van der Waals surface area contributed by atoms with E-state index >= 15 is 0 Å². The van der Waals surface area contributed by atoms with Crippen molar-refractivity contribution in [3.05, 3.63) is 54.1 Å². The van der Waals surface area contributed by atoms with Crippen LogP contribution in [0.15, 0.2) is 48.5 Å². The van der Waals surface area contributed by atoms with Gasteiger partial charge in [0, 0.05) is 12.1 Å². The predicted molar refractivity (Wildman–Crippen MR) is 119 cm³/mol. The Kier molecular flexibility index (Phi) is 7.48. The molecule has 2 aromatic rings. The number of rotatable bonds is 7. The highest BCUT2D eigenvalue weighted by molar-refractivity contribution is 5.72. The zero-order valence-corrected chi connectivity index (χ0v) is 18.9. The van der Waals surface area contributed by atoms with E-state index in [1.807, 2.05) is 38.8 Å². The summed E-state index contributed by atoms with van der Waals surface area (Å²) >= 11 is 0. The maximum absolute atomic E-state index is 12.0. The molecule has 0 atom stereocenters. The standard InChI is InChI=1S/C25H35NO3/c1-24(2,3)21-17-20(19-11-9-8-10-12-19)13-14-22(21)28-16-15-26(7)18-23(27)29-25(4,5)6/h8-14,17H,15-16,18H2,1-7H3. The average Bonchev–Trinajstić information content (AvgIpc) is 2.60. The third-order valence-electron chi connectivity index (χ3n) is 4.44. The third-order valence-corrected chi connectivity index (χ3v) is 4.44. The SMILES string of the molecule is CN(CCOc1ccc(-c2ccccc2)cc1C(C)(C)C)CC(=O)OC(C)(C)C. The molecule has 0 unspecified atom stereocenters. The molecule has 0 bridgehead atoms. The third kappa shape index (κ3) is 7.54. The molecular formula is C25H35NO3. The number of likely N-dealkylation sites (N-methyl/N-ethyl adjacent to an activating group) is 1. The summed E-state index contributed by atoms with van der Waals surface area (Å²) in [6.07, 6.45) is 0. The Hall–Kier alpha value is -2.33. The first kappa shape index (κ1) is 23.0. The molecule has 0 amide bonds.